The predicted molar refractivity (Wildman–Crippen MR) is 125 cm³/mol. The van der Waals surface area contributed by atoms with E-state index < -0.39 is 0 Å². The molecule has 0 aliphatic carbocycles. The molecule has 1 N–H and O–H groups in total. The Labute approximate surface area is 196 Å². The molecule has 30 heavy (non-hydrogen) atoms. The summed E-state index contributed by atoms with van der Waals surface area (Å²) >= 11 is 20.1. The SMILES string of the molecule is O=C(NCCSCc1c(F)cccc1Cl)C1CCN(Cc2c(Cl)cccc2Cl)CC1. The third-order valence-corrected chi connectivity index (χ3v) is 7.30. The second-order valence-electron chi connectivity index (χ2n) is 7.29. The molecular formula is C22H24Cl3FN2OS. The maximum atomic E-state index is 13.8. The van der Waals surface area contributed by atoms with Crippen LogP contribution in [0.2, 0.25) is 15.1 Å². The highest BCUT2D eigenvalue weighted by atomic mass is 35.5. The molecule has 1 heterocycles. The van der Waals surface area contributed by atoms with Gasteiger partial charge in [-0.2, -0.15) is 11.8 Å². The highest BCUT2D eigenvalue weighted by molar-refractivity contribution is 7.98. The molecule has 1 aliphatic heterocycles. The molecule has 0 spiro atoms. The summed E-state index contributed by atoms with van der Waals surface area (Å²) in [4.78, 5) is 14.7. The lowest BCUT2D eigenvalue weighted by molar-refractivity contribution is -0.126. The Kier molecular flexibility index (Phi) is 9.14. The first kappa shape index (κ1) is 23.7. The minimum Gasteiger partial charge on any atom is -0.355 e. The van der Waals surface area contributed by atoms with Crippen molar-refractivity contribution in [1.29, 1.82) is 0 Å². The highest BCUT2D eigenvalue weighted by Gasteiger charge is 2.25. The Hall–Kier alpha value is -0.980. The zero-order valence-corrected chi connectivity index (χ0v) is 19.6. The number of nitrogens with zero attached hydrogens (tertiary/aromatic N) is 1. The van der Waals surface area contributed by atoms with Crippen LogP contribution >= 0.6 is 46.6 Å². The summed E-state index contributed by atoms with van der Waals surface area (Å²) < 4.78 is 13.8. The van der Waals surface area contributed by atoms with Crippen molar-refractivity contribution in [3.05, 3.63) is 68.4 Å². The minimum atomic E-state index is -0.288. The van der Waals surface area contributed by atoms with Crippen LogP contribution in [0.1, 0.15) is 24.0 Å². The van der Waals surface area contributed by atoms with Crippen molar-refractivity contribution >= 4 is 52.5 Å². The summed E-state index contributed by atoms with van der Waals surface area (Å²) in [6.07, 6.45) is 1.62. The fraction of sp³-hybridized carbons (Fsp3) is 0.409. The van der Waals surface area contributed by atoms with Crippen LogP contribution in [0.4, 0.5) is 4.39 Å². The number of carbonyl (C=O) groups is 1. The summed E-state index contributed by atoms with van der Waals surface area (Å²) in [5.41, 5.74) is 1.46. The Balaban J connectivity index is 1.35. The highest BCUT2D eigenvalue weighted by Crippen LogP contribution is 2.28. The van der Waals surface area contributed by atoms with Crippen molar-refractivity contribution in [3.63, 3.8) is 0 Å². The molecule has 1 aliphatic rings. The van der Waals surface area contributed by atoms with Gasteiger partial charge in [-0.25, -0.2) is 4.39 Å². The summed E-state index contributed by atoms with van der Waals surface area (Å²) in [6, 6.07) is 10.2. The number of hydrogen-bond acceptors (Lipinski definition) is 3. The van der Waals surface area contributed by atoms with Crippen LogP contribution in [0.5, 0.6) is 0 Å². The maximum Gasteiger partial charge on any atom is 0.223 e. The third kappa shape index (κ3) is 6.51. The predicted octanol–water partition coefficient (Wildman–Crippen LogP) is 6.05. The van der Waals surface area contributed by atoms with Gasteiger partial charge in [0.1, 0.15) is 5.82 Å². The first-order chi connectivity index (χ1) is 14.5. The van der Waals surface area contributed by atoms with Gasteiger partial charge in [0, 0.05) is 56.7 Å². The van der Waals surface area contributed by atoms with Crippen LogP contribution in [0, 0.1) is 11.7 Å². The topological polar surface area (TPSA) is 32.3 Å². The van der Waals surface area contributed by atoms with Gasteiger partial charge < -0.3 is 5.32 Å². The molecule has 1 fully saturated rings. The molecule has 0 atom stereocenters. The standard InChI is InChI=1S/C22H24Cl3FN2OS/c23-18-3-1-4-19(24)16(18)13-28-10-7-15(8-11-28)22(29)27-9-12-30-14-17-20(25)5-2-6-21(17)26/h1-6,15H,7-14H2,(H,27,29). The number of benzene rings is 2. The summed E-state index contributed by atoms with van der Waals surface area (Å²) in [5, 5.41) is 4.80. The van der Waals surface area contributed by atoms with Crippen LogP contribution in [-0.4, -0.2) is 36.2 Å². The molecule has 0 bridgehead atoms. The third-order valence-electron chi connectivity index (χ3n) is 5.26. The molecule has 3 nitrogen and oxygen atoms in total. The Morgan fingerprint density at radius 3 is 2.27 bits per heavy atom. The molecule has 3 rings (SSSR count). The zero-order chi connectivity index (χ0) is 21.5. The number of amides is 1. The first-order valence-corrected chi connectivity index (χ1v) is 12.2. The molecule has 8 heteroatoms. The van der Waals surface area contributed by atoms with Gasteiger partial charge in [-0.3, -0.25) is 9.69 Å². The van der Waals surface area contributed by atoms with Crippen LogP contribution in [-0.2, 0) is 17.1 Å². The zero-order valence-electron chi connectivity index (χ0n) is 16.5. The second-order valence-corrected chi connectivity index (χ2v) is 9.62. The van der Waals surface area contributed by atoms with E-state index in [4.69, 9.17) is 34.8 Å². The Morgan fingerprint density at radius 2 is 1.63 bits per heavy atom. The number of nitrogens with one attached hydrogen (secondary N) is 1. The van der Waals surface area contributed by atoms with Crippen LogP contribution in [0.25, 0.3) is 0 Å². The van der Waals surface area contributed by atoms with Crippen molar-refractivity contribution in [2.45, 2.75) is 25.1 Å². The number of carbonyl (C=O) groups excluding carboxylic acids is 1. The summed E-state index contributed by atoms with van der Waals surface area (Å²) in [7, 11) is 0. The van der Waals surface area contributed by atoms with Gasteiger partial charge in [0.15, 0.2) is 0 Å². The molecule has 0 saturated carbocycles. The van der Waals surface area contributed by atoms with E-state index in [2.05, 4.69) is 10.2 Å². The number of rotatable bonds is 8. The lowest BCUT2D eigenvalue weighted by Gasteiger charge is -2.31. The van der Waals surface area contributed by atoms with E-state index in [9.17, 15) is 9.18 Å². The number of hydrogen-bond donors (Lipinski definition) is 1. The number of halogens is 4. The molecule has 0 radical (unpaired) electrons. The van der Waals surface area contributed by atoms with Crippen LogP contribution in [0.15, 0.2) is 36.4 Å². The van der Waals surface area contributed by atoms with E-state index in [1.165, 1.54) is 6.07 Å². The molecule has 162 valence electrons. The lowest BCUT2D eigenvalue weighted by atomic mass is 9.95. The van der Waals surface area contributed by atoms with Crippen molar-refractivity contribution in [2.75, 3.05) is 25.4 Å². The Morgan fingerprint density at radius 1 is 1.03 bits per heavy atom. The van der Waals surface area contributed by atoms with Gasteiger partial charge >= 0.3 is 0 Å². The van der Waals surface area contributed by atoms with Gasteiger partial charge in [0.2, 0.25) is 5.91 Å². The van der Waals surface area contributed by atoms with Gasteiger partial charge in [-0.05, 0) is 50.2 Å². The van der Waals surface area contributed by atoms with Gasteiger partial charge in [-0.1, -0.05) is 46.9 Å². The molecule has 2 aromatic rings. The van der Waals surface area contributed by atoms with E-state index in [1.807, 2.05) is 18.2 Å². The summed E-state index contributed by atoms with van der Waals surface area (Å²) in [5.74, 6) is 1.03. The monoisotopic (exact) mass is 488 g/mol. The van der Waals surface area contributed by atoms with Crippen LogP contribution < -0.4 is 5.32 Å². The fourth-order valence-electron chi connectivity index (χ4n) is 3.50. The Bertz CT molecular complexity index is 835. The number of piperidine rings is 1. The van der Waals surface area contributed by atoms with E-state index in [0.717, 1.165) is 31.5 Å². The fourth-order valence-corrected chi connectivity index (χ4v) is 5.21. The van der Waals surface area contributed by atoms with Crippen molar-refractivity contribution in [3.8, 4) is 0 Å². The van der Waals surface area contributed by atoms with Gasteiger partial charge in [-0.15, -0.1) is 0 Å². The second kappa shape index (κ2) is 11.6. The number of thioether (sulfide) groups is 1. The van der Waals surface area contributed by atoms with Crippen molar-refractivity contribution in [1.82, 2.24) is 10.2 Å². The first-order valence-electron chi connectivity index (χ1n) is 9.89. The minimum absolute atomic E-state index is 0.0222. The lowest BCUT2D eigenvalue weighted by Crippen LogP contribution is -2.40. The molecule has 0 aromatic heterocycles. The van der Waals surface area contributed by atoms with E-state index in [1.54, 1.807) is 23.9 Å². The smallest absolute Gasteiger partial charge is 0.223 e. The van der Waals surface area contributed by atoms with Crippen molar-refractivity contribution in [2.24, 2.45) is 5.92 Å². The van der Waals surface area contributed by atoms with E-state index >= 15 is 0 Å². The largest absolute Gasteiger partial charge is 0.355 e. The maximum absolute atomic E-state index is 13.8. The molecule has 1 amide bonds. The van der Waals surface area contributed by atoms with Crippen LogP contribution in [0.3, 0.4) is 0 Å². The van der Waals surface area contributed by atoms with E-state index in [-0.39, 0.29) is 17.6 Å². The van der Waals surface area contributed by atoms with E-state index in [0.29, 0.717) is 45.2 Å². The molecular weight excluding hydrogens is 466 g/mol. The average molecular weight is 490 g/mol. The van der Waals surface area contributed by atoms with Gasteiger partial charge in [0.25, 0.3) is 0 Å². The summed E-state index contributed by atoms with van der Waals surface area (Å²) in [6.45, 7) is 2.92. The number of likely N-dealkylation sites (tertiary alicyclic amines) is 1. The van der Waals surface area contributed by atoms with Crippen molar-refractivity contribution < 1.29 is 9.18 Å². The molecule has 2 aromatic carbocycles. The average Bonchev–Trinajstić information content (AvgIpc) is 2.73. The van der Waals surface area contributed by atoms with Gasteiger partial charge in [0.05, 0.1) is 0 Å². The molecule has 1 saturated heterocycles. The quantitative estimate of drug-likeness (QED) is 0.458. The molecule has 0 unspecified atom stereocenters. The normalized spacial score (nSPS) is 15.3.